The van der Waals surface area contributed by atoms with Gasteiger partial charge in [-0.05, 0) is 31.8 Å². The fourth-order valence-corrected chi connectivity index (χ4v) is 3.28. The molecule has 1 unspecified atom stereocenters. The number of nitrogens with zero attached hydrogens (tertiary/aromatic N) is 2. The van der Waals surface area contributed by atoms with Gasteiger partial charge >= 0.3 is 0 Å². The van der Waals surface area contributed by atoms with Gasteiger partial charge in [0.25, 0.3) is 0 Å². The maximum atomic E-state index is 5.45. The van der Waals surface area contributed by atoms with Crippen molar-refractivity contribution in [2.45, 2.75) is 26.0 Å². The summed E-state index contributed by atoms with van der Waals surface area (Å²) >= 11 is 0. The summed E-state index contributed by atoms with van der Waals surface area (Å²) in [5.74, 6) is 2.99. The predicted octanol–water partition coefficient (Wildman–Crippen LogP) is 2.20. The van der Waals surface area contributed by atoms with Crippen molar-refractivity contribution in [2.24, 2.45) is 5.92 Å². The van der Waals surface area contributed by atoms with E-state index in [2.05, 4.69) is 9.88 Å². The largest absolute Gasteiger partial charge is 0.493 e. The molecule has 0 amide bonds. The molecule has 0 bridgehead atoms. The third-order valence-electron chi connectivity index (χ3n) is 4.45. The molecule has 1 fully saturated rings. The minimum absolute atomic E-state index is 0.499. The third-order valence-corrected chi connectivity index (χ3v) is 4.45. The van der Waals surface area contributed by atoms with Crippen LogP contribution in [-0.4, -0.2) is 44.0 Å². The Hall–Kier alpha value is -1.79. The van der Waals surface area contributed by atoms with Crippen LogP contribution in [0.25, 0.3) is 11.0 Å². The number of aromatic nitrogens is 2. The Balaban J connectivity index is 2.02. The fraction of sp³-hybridized carbons (Fsp3) is 0.588. The van der Waals surface area contributed by atoms with Crippen LogP contribution in [0.15, 0.2) is 12.1 Å². The van der Waals surface area contributed by atoms with E-state index < -0.39 is 0 Å². The summed E-state index contributed by atoms with van der Waals surface area (Å²) < 4.78 is 18.4. The first-order valence-corrected chi connectivity index (χ1v) is 8.07. The summed E-state index contributed by atoms with van der Waals surface area (Å²) in [6, 6.07) is 3.94. The van der Waals surface area contributed by atoms with Crippen molar-refractivity contribution in [3.63, 3.8) is 0 Å². The van der Waals surface area contributed by atoms with Crippen molar-refractivity contribution in [2.75, 3.05) is 34.4 Å². The SMILES string of the molecule is COCc1nc2cc(OC)c(OC)cc2n1CC1CCCNC1. The average molecular weight is 319 g/mol. The molecule has 1 atom stereocenters. The van der Waals surface area contributed by atoms with Crippen molar-refractivity contribution in [1.29, 1.82) is 0 Å². The van der Waals surface area contributed by atoms with E-state index in [1.54, 1.807) is 21.3 Å². The van der Waals surface area contributed by atoms with Crippen LogP contribution in [0.4, 0.5) is 0 Å². The second-order valence-corrected chi connectivity index (χ2v) is 5.98. The highest BCUT2D eigenvalue weighted by Gasteiger charge is 2.19. The lowest BCUT2D eigenvalue weighted by atomic mass is 9.99. The highest BCUT2D eigenvalue weighted by Crippen LogP contribution is 2.33. The van der Waals surface area contributed by atoms with Crippen LogP contribution in [0.2, 0.25) is 0 Å². The number of rotatable bonds is 6. The summed E-state index contributed by atoms with van der Waals surface area (Å²) in [6.07, 6.45) is 2.47. The number of ether oxygens (including phenoxy) is 3. The van der Waals surface area contributed by atoms with Crippen LogP contribution < -0.4 is 14.8 Å². The maximum absolute atomic E-state index is 5.45. The first kappa shape index (κ1) is 16.1. The molecule has 3 rings (SSSR count). The lowest BCUT2D eigenvalue weighted by Crippen LogP contribution is -2.32. The molecule has 0 saturated carbocycles. The highest BCUT2D eigenvalue weighted by atomic mass is 16.5. The minimum atomic E-state index is 0.499. The molecule has 1 aromatic heterocycles. The molecular formula is C17H25N3O3. The zero-order valence-corrected chi connectivity index (χ0v) is 14.1. The number of piperidine rings is 1. The van der Waals surface area contributed by atoms with E-state index in [4.69, 9.17) is 19.2 Å². The summed E-state index contributed by atoms with van der Waals surface area (Å²) in [5, 5.41) is 3.48. The summed E-state index contributed by atoms with van der Waals surface area (Å²) in [4.78, 5) is 4.73. The van der Waals surface area contributed by atoms with E-state index in [1.807, 2.05) is 12.1 Å². The van der Waals surface area contributed by atoms with Crippen molar-refractivity contribution < 1.29 is 14.2 Å². The molecule has 2 heterocycles. The molecule has 1 aromatic carbocycles. The standard InChI is InChI=1S/C17H25N3O3/c1-21-11-17-19-13-7-15(22-2)16(23-3)8-14(13)20(17)10-12-5-4-6-18-9-12/h7-8,12,18H,4-6,9-11H2,1-3H3. The molecule has 1 aliphatic rings. The zero-order chi connectivity index (χ0) is 16.2. The zero-order valence-electron chi connectivity index (χ0n) is 14.1. The van der Waals surface area contributed by atoms with Crippen molar-refractivity contribution in [3.8, 4) is 11.5 Å². The van der Waals surface area contributed by atoms with E-state index >= 15 is 0 Å². The summed E-state index contributed by atoms with van der Waals surface area (Å²) in [6.45, 7) is 3.62. The molecule has 6 heteroatoms. The molecule has 0 spiro atoms. The molecule has 1 aliphatic heterocycles. The van der Waals surface area contributed by atoms with Gasteiger partial charge in [0, 0.05) is 25.8 Å². The number of hydrogen-bond donors (Lipinski definition) is 1. The van der Waals surface area contributed by atoms with Gasteiger partial charge in [0.2, 0.25) is 0 Å². The van der Waals surface area contributed by atoms with Crippen molar-refractivity contribution in [3.05, 3.63) is 18.0 Å². The Morgan fingerprint density at radius 3 is 2.65 bits per heavy atom. The molecule has 6 nitrogen and oxygen atoms in total. The molecule has 0 aliphatic carbocycles. The topological polar surface area (TPSA) is 57.5 Å². The van der Waals surface area contributed by atoms with Gasteiger partial charge in [-0.15, -0.1) is 0 Å². The molecule has 23 heavy (non-hydrogen) atoms. The first-order valence-electron chi connectivity index (χ1n) is 8.07. The molecule has 1 N–H and O–H groups in total. The van der Waals surface area contributed by atoms with Crippen LogP contribution >= 0.6 is 0 Å². The number of methoxy groups -OCH3 is 3. The summed E-state index contributed by atoms with van der Waals surface area (Å²) in [5.41, 5.74) is 1.98. The van der Waals surface area contributed by atoms with Gasteiger partial charge < -0.3 is 24.1 Å². The van der Waals surface area contributed by atoms with E-state index in [0.717, 1.165) is 42.2 Å². The van der Waals surface area contributed by atoms with Gasteiger partial charge in [0.1, 0.15) is 12.4 Å². The average Bonchev–Trinajstić information content (AvgIpc) is 2.91. The highest BCUT2D eigenvalue weighted by molar-refractivity contribution is 5.80. The van der Waals surface area contributed by atoms with Gasteiger partial charge in [-0.2, -0.15) is 0 Å². The van der Waals surface area contributed by atoms with Crippen LogP contribution in [0.3, 0.4) is 0 Å². The van der Waals surface area contributed by atoms with E-state index in [9.17, 15) is 0 Å². The van der Waals surface area contributed by atoms with Gasteiger partial charge in [-0.3, -0.25) is 0 Å². The molecular weight excluding hydrogens is 294 g/mol. The lowest BCUT2D eigenvalue weighted by Gasteiger charge is -2.24. The van der Waals surface area contributed by atoms with Crippen LogP contribution in [0.1, 0.15) is 18.7 Å². The fourth-order valence-electron chi connectivity index (χ4n) is 3.28. The summed E-state index contributed by atoms with van der Waals surface area (Å²) in [7, 11) is 5.00. The molecule has 0 radical (unpaired) electrons. The van der Waals surface area contributed by atoms with Gasteiger partial charge in [-0.1, -0.05) is 0 Å². The van der Waals surface area contributed by atoms with E-state index in [0.29, 0.717) is 18.3 Å². The van der Waals surface area contributed by atoms with Crippen LogP contribution in [0.5, 0.6) is 11.5 Å². The molecule has 1 saturated heterocycles. The van der Waals surface area contributed by atoms with Crippen LogP contribution in [-0.2, 0) is 17.9 Å². The minimum Gasteiger partial charge on any atom is -0.493 e. The van der Waals surface area contributed by atoms with Gasteiger partial charge in [0.05, 0.1) is 25.3 Å². The second-order valence-electron chi connectivity index (χ2n) is 5.98. The normalized spacial score (nSPS) is 18.3. The smallest absolute Gasteiger partial charge is 0.163 e. The van der Waals surface area contributed by atoms with E-state index in [1.165, 1.54) is 12.8 Å². The van der Waals surface area contributed by atoms with Gasteiger partial charge in [0.15, 0.2) is 11.5 Å². The quantitative estimate of drug-likeness (QED) is 0.884. The predicted molar refractivity (Wildman–Crippen MR) is 89.1 cm³/mol. The second kappa shape index (κ2) is 7.19. The monoisotopic (exact) mass is 319 g/mol. The molecule has 126 valence electrons. The Morgan fingerprint density at radius 1 is 1.22 bits per heavy atom. The number of fused-ring (bicyclic) bond motifs is 1. The number of nitrogens with one attached hydrogen (secondary N) is 1. The number of imidazole rings is 1. The Labute approximate surface area is 136 Å². The Kier molecular flexibility index (Phi) is 5.03. The van der Waals surface area contributed by atoms with Crippen LogP contribution in [0, 0.1) is 5.92 Å². The number of hydrogen-bond acceptors (Lipinski definition) is 5. The van der Waals surface area contributed by atoms with Crippen molar-refractivity contribution in [1.82, 2.24) is 14.9 Å². The Bertz CT molecular complexity index is 663. The molecule has 2 aromatic rings. The Morgan fingerprint density at radius 2 is 2.00 bits per heavy atom. The first-order chi connectivity index (χ1) is 11.3. The lowest BCUT2D eigenvalue weighted by molar-refractivity contribution is 0.172. The van der Waals surface area contributed by atoms with Gasteiger partial charge in [-0.25, -0.2) is 4.98 Å². The van der Waals surface area contributed by atoms with Crippen molar-refractivity contribution >= 4 is 11.0 Å². The third kappa shape index (κ3) is 3.28. The van der Waals surface area contributed by atoms with E-state index in [-0.39, 0.29) is 0 Å². The number of benzene rings is 1. The maximum Gasteiger partial charge on any atom is 0.163 e.